The molecule has 0 heterocycles. The van der Waals surface area contributed by atoms with E-state index in [0.717, 1.165) is 11.1 Å². The zero-order valence-electron chi connectivity index (χ0n) is 15.3. The lowest BCUT2D eigenvalue weighted by Crippen LogP contribution is -2.30. The van der Waals surface area contributed by atoms with Gasteiger partial charge in [0, 0.05) is 0 Å². The topological polar surface area (TPSA) is 64.6 Å². The van der Waals surface area contributed by atoms with E-state index in [1.165, 1.54) is 6.07 Å². The maximum absolute atomic E-state index is 12.4. The molecule has 0 aliphatic rings. The van der Waals surface area contributed by atoms with Gasteiger partial charge in [0.2, 0.25) is 0 Å². The summed E-state index contributed by atoms with van der Waals surface area (Å²) in [5.74, 6) is -0.132. The van der Waals surface area contributed by atoms with Crippen molar-refractivity contribution in [1.29, 1.82) is 0 Å². The van der Waals surface area contributed by atoms with Gasteiger partial charge in [0.15, 0.2) is 6.10 Å². The fraction of sp³-hybridized carbons (Fsp3) is 0.300. The highest BCUT2D eigenvalue weighted by atomic mass is 35.5. The van der Waals surface area contributed by atoms with Crippen molar-refractivity contribution >= 4 is 29.2 Å². The number of nitrogens with one attached hydrogen (secondary N) is 1. The van der Waals surface area contributed by atoms with E-state index in [1.807, 2.05) is 32.0 Å². The number of rotatable bonds is 6. The van der Waals surface area contributed by atoms with Gasteiger partial charge in [0.1, 0.15) is 5.75 Å². The van der Waals surface area contributed by atoms with Crippen LogP contribution in [0.1, 0.15) is 35.3 Å². The summed E-state index contributed by atoms with van der Waals surface area (Å²) in [4.78, 5) is 24.1. The molecule has 0 bridgehead atoms. The molecule has 0 aliphatic heterocycles. The van der Waals surface area contributed by atoms with Crippen LogP contribution in [0.2, 0.25) is 5.02 Å². The Morgan fingerprint density at radius 2 is 1.92 bits per heavy atom. The third kappa shape index (κ3) is 4.76. The van der Waals surface area contributed by atoms with Gasteiger partial charge in [0.25, 0.3) is 5.91 Å². The number of benzene rings is 2. The van der Waals surface area contributed by atoms with E-state index in [2.05, 4.69) is 5.32 Å². The Hall–Kier alpha value is -2.53. The summed E-state index contributed by atoms with van der Waals surface area (Å²) in [5, 5.41) is 2.97. The lowest BCUT2D eigenvalue weighted by molar-refractivity contribution is -0.122. The number of amides is 1. The molecule has 0 radical (unpaired) electrons. The van der Waals surface area contributed by atoms with Gasteiger partial charge in [0.05, 0.1) is 22.9 Å². The molecule has 138 valence electrons. The Bertz CT molecular complexity index is 819. The van der Waals surface area contributed by atoms with Gasteiger partial charge in [-0.3, -0.25) is 4.79 Å². The highest BCUT2D eigenvalue weighted by Crippen LogP contribution is 2.25. The minimum Gasteiger partial charge on any atom is -0.481 e. The second-order valence-corrected chi connectivity index (χ2v) is 6.27. The predicted molar refractivity (Wildman–Crippen MR) is 102 cm³/mol. The molecule has 0 spiro atoms. The molecule has 5 nitrogen and oxygen atoms in total. The van der Waals surface area contributed by atoms with Crippen molar-refractivity contribution in [2.45, 2.75) is 33.8 Å². The largest absolute Gasteiger partial charge is 0.481 e. The second-order valence-electron chi connectivity index (χ2n) is 5.86. The highest BCUT2D eigenvalue weighted by Gasteiger charge is 2.18. The number of ether oxygens (including phenoxy) is 2. The standard InChI is InChI=1S/C20H22ClNO4/c1-5-25-20(24)15-9-10-17(16(21)11-15)22-19(23)14(4)26-18-8-6-7-12(2)13(18)3/h6-11,14H,5H2,1-4H3,(H,22,23). The zero-order chi connectivity index (χ0) is 19.3. The molecule has 1 unspecified atom stereocenters. The van der Waals surface area contributed by atoms with E-state index in [1.54, 1.807) is 26.0 Å². The molecule has 0 fully saturated rings. The molecule has 0 saturated carbocycles. The molecule has 1 atom stereocenters. The Balaban J connectivity index is 2.07. The lowest BCUT2D eigenvalue weighted by atomic mass is 10.1. The minimum atomic E-state index is -0.712. The van der Waals surface area contributed by atoms with Crippen LogP contribution < -0.4 is 10.1 Å². The van der Waals surface area contributed by atoms with Gasteiger partial charge in [-0.1, -0.05) is 23.7 Å². The lowest BCUT2D eigenvalue weighted by Gasteiger charge is -2.17. The van der Waals surface area contributed by atoms with Gasteiger partial charge < -0.3 is 14.8 Å². The first kappa shape index (κ1) is 19.8. The van der Waals surface area contributed by atoms with Crippen molar-refractivity contribution in [3.05, 3.63) is 58.1 Å². The summed E-state index contributed by atoms with van der Waals surface area (Å²) < 4.78 is 10.7. The van der Waals surface area contributed by atoms with Crippen LogP contribution in [-0.4, -0.2) is 24.6 Å². The van der Waals surface area contributed by atoms with Crippen molar-refractivity contribution in [1.82, 2.24) is 0 Å². The number of aryl methyl sites for hydroxylation is 1. The van der Waals surface area contributed by atoms with Crippen LogP contribution in [0.3, 0.4) is 0 Å². The van der Waals surface area contributed by atoms with Gasteiger partial charge in [-0.25, -0.2) is 4.79 Å². The third-order valence-electron chi connectivity index (χ3n) is 3.97. The van der Waals surface area contributed by atoms with E-state index in [0.29, 0.717) is 17.0 Å². The summed E-state index contributed by atoms with van der Waals surface area (Å²) in [6.45, 7) is 7.60. The Morgan fingerprint density at radius 1 is 1.19 bits per heavy atom. The number of carbonyl (C=O) groups excluding carboxylic acids is 2. The van der Waals surface area contributed by atoms with Gasteiger partial charge in [-0.05, 0) is 63.1 Å². The monoisotopic (exact) mass is 375 g/mol. The second kappa shape index (κ2) is 8.72. The fourth-order valence-corrected chi connectivity index (χ4v) is 2.52. The highest BCUT2D eigenvalue weighted by molar-refractivity contribution is 6.34. The van der Waals surface area contributed by atoms with Crippen LogP contribution in [0.4, 0.5) is 5.69 Å². The number of carbonyl (C=O) groups is 2. The SMILES string of the molecule is CCOC(=O)c1ccc(NC(=O)C(C)Oc2cccc(C)c2C)c(Cl)c1. The van der Waals surface area contributed by atoms with Crippen molar-refractivity contribution < 1.29 is 19.1 Å². The molecule has 2 rings (SSSR count). The third-order valence-corrected chi connectivity index (χ3v) is 4.28. The molecule has 0 aromatic heterocycles. The normalized spacial score (nSPS) is 11.6. The summed E-state index contributed by atoms with van der Waals surface area (Å²) >= 11 is 6.17. The summed E-state index contributed by atoms with van der Waals surface area (Å²) in [6, 6.07) is 10.3. The molecule has 1 amide bonds. The van der Waals surface area contributed by atoms with E-state index in [4.69, 9.17) is 21.1 Å². The van der Waals surface area contributed by atoms with Crippen LogP contribution in [0.25, 0.3) is 0 Å². The average molecular weight is 376 g/mol. The Kier molecular flexibility index (Phi) is 6.64. The van der Waals surface area contributed by atoms with Crippen molar-refractivity contribution in [2.24, 2.45) is 0 Å². The Morgan fingerprint density at radius 3 is 2.58 bits per heavy atom. The number of hydrogen-bond acceptors (Lipinski definition) is 4. The van der Waals surface area contributed by atoms with Crippen molar-refractivity contribution in [2.75, 3.05) is 11.9 Å². The quantitative estimate of drug-likeness (QED) is 0.753. The molecule has 2 aromatic rings. The van der Waals surface area contributed by atoms with Crippen LogP contribution in [-0.2, 0) is 9.53 Å². The van der Waals surface area contributed by atoms with E-state index in [-0.39, 0.29) is 17.5 Å². The first-order valence-electron chi connectivity index (χ1n) is 8.34. The van der Waals surface area contributed by atoms with Gasteiger partial charge in [-0.2, -0.15) is 0 Å². The maximum Gasteiger partial charge on any atom is 0.338 e. The first-order valence-corrected chi connectivity index (χ1v) is 8.71. The molecule has 6 heteroatoms. The molecule has 0 aliphatic carbocycles. The van der Waals surface area contributed by atoms with E-state index >= 15 is 0 Å². The number of hydrogen-bond donors (Lipinski definition) is 1. The van der Waals surface area contributed by atoms with Gasteiger partial charge in [-0.15, -0.1) is 0 Å². The Labute approximate surface area is 158 Å². The van der Waals surface area contributed by atoms with Crippen molar-refractivity contribution in [3.8, 4) is 5.75 Å². The maximum atomic E-state index is 12.4. The number of halogens is 1. The smallest absolute Gasteiger partial charge is 0.338 e. The fourth-order valence-electron chi connectivity index (χ4n) is 2.29. The summed E-state index contributed by atoms with van der Waals surface area (Å²) in [6.07, 6.45) is -0.712. The van der Waals surface area contributed by atoms with Crippen LogP contribution in [0.5, 0.6) is 5.75 Å². The molecular weight excluding hydrogens is 354 g/mol. The predicted octanol–water partition coefficient (Wildman–Crippen LogP) is 4.54. The van der Waals surface area contributed by atoms with Gasteiger partial charge >= 0.3 is 5.97 Å². The van der Waals surface area contributed by atoms with E-state index in [9.17, 15) is 9.59 Å². The van der Waals surface area contributed by atoms with Crippen LogP contribution in [0, 0.1) is 13.8 Å². The number of anilines is 1. The van der Waals surface area contributed by atoms with Crippen LogP contribution >= 0.6 is 11.6 Å². The molecule has 2 aromatic carbocycles. The molecule has 0 saturated heterocycles. The molecule has 1 N–H and O–H groups in total. The zero-order valence-corrected chi connectivity index (χ0v) is 16.0. The minimum absolute atomic E-state index is 0.253. The summed E-state index contributed by atoms with van der Waals surface area (Å²) in [7, 11) is 0. The van der Waals surface area contributed by atoms with Crippen molar-refractivity contribution in [3.63, 3.8) is 0 Å². The first-order chi connectivity index (χ1) is 12.3. The van der Waals surface area contributed by atoms with Crippen LogP contribution in [0.15, 0.2) is 36.4 Å². The molecular formula is C20H22ClNO4. The van der Waals surface area contributed by atoms with E-state index < -0.39 is 12.1 Å². The molecule has 26 heavy (non-hydrogen) atoms. The number of esters is 1. The average Bonchev–Trinajstić information content (AvgIpc) is 2.60. The summed E-state index contributed by atoms with van der Waals surface area (Å²) in [5.41, 5.74) is 2.81.